The predicted molar refractivity (Wildman–Crippen MR) is 107 cm³/mol. The highest BCUT2D eigenvalue weighted by Crippen LogP contribution is 2.26. The number of hydrogen-bond acceptors (Lipinski definition) is 6. The van der Waals surface area contributed by atoms with Gasteiger partial charge in [-0.15, -0.1) is 11.3 Å². The lowest BCUT2D eigenvalue weighted by atomic mass is 10.2. The third-order valence-corrected chi connectivity index (χ3v) is 4.59. The van der Waals surface area contributed by atoms with Crippen LogP contribution in [0.5, 0.6) is 0 Å². The molecule has 0 bridgehead atoms. The van der Waals surface area contributed by atoms with Gasteiger partial charge in [-0.25, -0.2) is 9.78 Å². The molecule has 3 rings (SSSR count). The molecular formula is C21H17N3O2S. The van der Waals surface area contributed by atoms with Gasteiger partial charge in [0.2, 0.25) is 0 Å². The molecule has 0 aliphatic carbocycles. The standard InChI is InChI=1S/C21H17N3O2S/c1-2-26-21(25)17-10-6-7-11-18(17)23-13-16(12-22)20-24-19(14-27-20)15-8-4-3-5-9-15/h3-11,13-14,23H,2H2,1H3/b16-13+. The first-order chi connectivity index (χ1) is 13.2. The van der Waals surface area contributed by atoms with Crippen LogP contribution in [0.3, 0.4) is 0 Å². The van der Waals surface area contributed by atoms with Crippen molar-refractivity contribution >= 4 is 28.6 Å². The number of esters is 1. The number of anilines is 1. The first kappa shape index (κ1) is 18.4. The van der Waals surface area contributed by atoms with Crippen molar-refractivity contribution in [3.63, 3.8) is 0 Å². The van der Waals surface area contributed by atoms with Crippen molar-refractivity contribution in [1.29, 1.82) is 5.26 Å². The molecule has 1 aromatic heterocycles. The molecule has 0 saturated heterocycles. The maximum Gasteiger partial charge on any atom is 0.340 e. The molecule has 0 spiro atoms. The van der Waals surface area contributed by atoms with Gasteiger partial charge in [-0.3, -0.25) is 0 Å². The van der Waals surface area contributed by atoms with E-state index in [-0.39, 0.29) is 0 Å². The number of para-hydroxylation sites is 1. The number of nitrogens with one attached hydrogen (secondary N) is 1. The zero-order chi connectivity index (χ0) is 19.1. The van der Waals surface area contributed by atoms with E-state index in [0.29, 0.717) is 28.4 Å². The summed E-state index contributed by atoms with van der Waals surface area (Å²) in [5.41, 5.74) is 3.20. The minimum atomic E-state index is -0.409. The van der Waals surface area contributed by atoms with Gasteiger partial charge < -0.3 is 10.1 Å². The van der Waals surface area contributed by atoms with Crippen LogP contribution in [-0.4, -0.2) is 17.6 Å². The number of thiazole rings is 1. The minimum Gasteiger partial charge on any atom is -0.462 e. The highest BCUT2D eigenvalue weighted by molar-refractivity contribution is 7.11. The van der Waals surface area contributed by atoms with Crippen LogP contribution in [-0.2, 0) is 4.74 Å². The third kappa shape index (κ3) is 4.40. The minimum absolute atomic E-state index is 0.299. The first-order valence-electron chi connectivity index (χ1n) is 8.37. The highest BCUT2D eigenvalue weighted by Gasteiger charge is 2.12. The molecular weight excluding hydrogens is 358 g/mol. The molecule has 1 N–H and O–H groups in total. The van der Waals surface area contributed by atoms with Gasteiger partial charge in [0.25, 0.3) is 0 Å². The second-order valence-corrected chi connectivity index (χ2v) is 6.34. The summed E-state index contributed by atoms with van der Waals surface area (Å²) in [6, 6.07) is 19.0. The summed E-state index contributed by atoms with van der Waals surface area (Å²) in [6.45, 7) is 2.06. The number of aromatic nitrogens is 1. The topological polar surface area (TPSA) is 75.0 Å². The number of hydrogen-bond donors (Lipinski definition) is 1. The number of carbonyl (C=O) groups is 1. The third-order valence-electron chi connectivity index (χ3n) is 3.72. The fraction of sp³-hybridized carbons (Fsp3) is 0.0952. The van der Waals surface area contributed by atoms with Crippen LogP contribution in [0, 0.1) is 11.3 Å². The number of ether oxygens (including phenoxy) is 1. The zero-order valence-corrected chi connectivity index (χ0v) is 15.5. The Bertz CT molecular complexity index is 1000. The Kier molecular flexibility index (Phi) is 5.98. The molecule has 6 heteroatoms. The lowest BCUT2D eigenvalue weighted by Gasteiger charge is -2.08. The average Bonchev–Trinajstić information content (AvgIpc) is 3.20. The van der Waals surface area contributed by atoms with Gasteiger partial charge in [-0.05, 0) is 19.1 Å². The van der Waals surface area contributed by atoms with Crippen molar-refractivity contribution in [3.8, 4) is 17.3 Å². The molecule has 134 valence electrons. The van der Waals surface area contributed by atoms with E-state index < -0.39 is 5.97 Å². The second kappa shape index (κ2) is 8.79. The molecule has 0 atom stereocenters. The lowest BCUT2D eigenvalue weighted by Crippen LogP contribution is -2.07. The maximum atomic E-state index is 12.1. The van der Waals surface area contributed by atoms with E-state index in [4.69, 9.17) is 4.74 Å². The maximum absolute atomic E-state index is 12.1. The highest BCUT2D eigenvalue weighted by atomic mass is 32.1. The molecule has 3 aromatic rings. The number of rotatable bonds is 6. The molecule has 0 saturated carbocycles. The number of allylic oxidation sites excluding steroid dienone is 1. The zero-order valence-electron chi connectivity index (χ0n) is 14.7. The molecule has 2 aromatic carbocycles. The quantitative estimate of drug-likeness (QED) is 0.487. The van der Waals surface area contributed by atoms with Crippen LogP contribution in [0.25, 0.3) is 16.8 Å². The summed E-state index contributed by atoms with van der Waals surface area (Å²) < 4.78 is 5.06. The lowest BCUT2D eigenvalue weighted by molar-refractivity contribution is 0.0527. The normalized spacial score (nSPS) is 10.9. The Morgan fingerprint density at radius 3 is 2.70 bits per heavy atom. The Balaban J connectivity index is 1.84. The SMILES string of the molecule is CCOC(=O)c1ccccc1N/C=C(\C#N)c1nc(-c2ccccc2)cs1. The first-order valence-corrected chi connectivity index (χ1v) is 9.25. The number of nitriles is 1. The Hall–Kier alpha value is -3.43. The molecule has 1 heterocycles. The summed E-state index contributed by atoms with van der Waals surface area (Å²) in [5, 5.41) is 15.1. The van der Waals surface area contributed by atoms with Gasteiger partial charge in [-0.1, -0.05) is 42.5 Å². The fourth-order valence-electron chi connectivity index (χ4n) is 2.43. The van der Waals surface area contributed by atoms with Crippen molar-refractivity contribution in [3.05, 3.63) is 76.7 Å². The van der Waals surface area contributed by atoms with Crippen LogP contribution >= 0.6 is 11.3 Å². The average molecular weight is 375 g/mol. The van der Waals surface area contributed by atoms with E-state index in [1.54, 1.807) is 31.3 Å². The van der Waals surface area contributed by atoms with Gasteiger partial charge >= 0.3 is 5.97 Å². The Morgan fingerprint density at radius 1 is 1.22 bits per heavy atom. The van der Waals surface area contributed by atoms with Crippen molar-refractivity contribution in [1.82, 2.24) is 4.98 Å². The monoisotopic (exact) mass is 375 g/mol. The molecule has 27 heavy (non-hydrogen) atoms. The van der Waals surface area contributed by atoms with Crippen LogP contribution in [0.2, 0.25) is 0 Å². The molecule has 0 unspecified atom stereocenters. The van der Waals surface area contributed by atoms with E-state index in [9.17, 15) is 10.1 Å². The smallest absolute Gasteiger partial charge is 0.340 e. The summed E-state index contributed by atoms with van der Waals surface area (Å²) in [7, 11) is 0. The van der Waals surface area contributed by atoms with Crippen LogP contribution < -0.4 is 5.32 Å². The second-order valence-electron chi connectivity index (χ2n) is 5.48. The summed E-state index contributed by atoms with van der Waals surface area (Å²) in [6.07, 6.45) is 1.56. The van der Waals surface area contributed by atoms with Crippen LogP contribution in [0.4, 0.5) is 5.69 Å². The van der Waals surface area contributed by atoms with Crippen LogP contribution in [0.15, 0.2) is 66.2 Å². The Morgan fingerprint density at radius 2 is 1.96 bits per heavy atom. The largest absolute Gasteiger partial charge is 0.462 e. The molecule has 0 radical (unpaired) electrons. The molecule has 0 aliphatic rings. The van der Waals surface area contributed by atoms with Crippen molar-refractivity contribution < 1.29 is 9.53 Å². The summed E-state index contributed by atoms with van der Waals surface area (Å²) >= 11 is 1.40. The number of benzene rings is 2. The van der Waals surface area contributed by atoms with E-state index in [0.717, 1.165) is 11.3 Å². The molecule has 5 nitrogen and oxygen atoms in total. The molecule has 0 amide bonds. The van der Waals surface area contributed by atoms with Gasteiger partial charge in [-0.2, -0.15) is 5.26 Å². The van der Waals surface area contributed by atoms with Gasteiger partial charge in [0.05, 0.1) is 23.6 Å². The van der Waals surface area contributed by atoms with Crippen molar-refractivity contribution in [2.75, 3.05) is 11.9 Å². The van der Waals surface area contributed by atoms with E-state index in [2.05, 4.69) is 16.4 Å². The summed E-state index contributed by atoms with van der Waals surface area (Å²) in [5.74, 6) is -0.409. The number of nitrogens with zero attached hydrogens (tertiary/aromatic N) is 2. The summed E-state index contributed by atoms with van der Waals surface area (Å²) in [4.78, 5) is 16.6. The van der Waals surface area contributed by atoms with Gasteiger partial charge in [0, 0.05) is 17.1 Å². The molecule has 0 aliphatic heterocycles. The van der Waals surface area contributed by atoms with E-state index in [1.165, 1.54) is 11.3 Å². The van der Waals surface area contributed by atoms with Gasteiger partial charge in [0.15, 0.2) is 0 Å². The van der Waals surface area contributed by atoms with E-state index >= 15 is 0 Å². The number of carbonyl (C=O) groups excluding carboxylic acids is 1. The van der Waals surface area contributed by atoms with Crippen molar-refractivity contribution in [2.45, 2.75) is 6.92 Å². The predicted octanol–water partition coefficient (Wildman–Crippen LogP) is 4.96. The van der Waals surface area contributed by atoms with Crippen LogP contribution in [0.1, 0.15) is 22.3 Å². The fourth-order valence-corrected chi connectivity index (χ4v) is 3.22. The Labute approximate surface area is 161 Å². The molecule has 0 fully saturated rings. The van der Waals surface area contributed by atoms with E-state index in [1.807, 2.05) is 41.8 Å². The van der Waals surface area contributed by atoms with Gasteiger partial charge in [0.1, 0.15) is 16.6 Å². The van der Waals surface area contributed by atoms with Crippen molar-refractivity contribution in [2.24, 2.45) is 0 Å².